The Morgan fingerprint density at radius 1 is 1.00 bits per heavy atom. The van der Waals surface area contributed by atoms with Crippen molar-refractivity contribution in [2.24, 2.45) is 0 Å². The normalized spacial score (nSPS) is 18.4. The van der Waals surface area contributed by atoms with E-state index in [1.165, 1.54) is 9.87 Å². The van der Waals surface area contributed by atoms with Gasteiger partial charge in [-0.3, -0.25) is 9.69 Å². The van der Waals surface area contributed by atoms with Gasteiger partial charge in [0.15, 0.2) is 0 Å². The van der Waals surface area contributed by atoms with E-state index in [1.54, 1.807) is 11.0 Å². The lowest BCUT2D eigenvalue weighted by Crippen LogP contribution is -2.53. The van der Waals surface area contributed by atoms with E-state index in [2.05, 4.69) is 22.3 Å². The first kappa shape index (κ1) is 24.9. The zero-order chi connectivity index (χ0) is 24.1. The van der Waals surface area contributed by atoms with Gasteiger partial charge in [-0.05, 0) is 43.9 Å². The Hall–Kier alpha value is -2.26. The maximum Gasteiger partial charge on any atom is 0.244 e. The molecule has 1 N–H and O–H groups in total. The molecule has 2 aromatic rings. The van der Waals surface area contributed by atoms with Crippen molar-refractivity contribution in [1.29, 1.82) is 0 Å². The van der Waals surface area contributed by atoms with Crippen LogP contribution in [0.5, 0.6) is 0 Å². The Morgan fingerprint density at radius 2 is 1.68 bits per heavy atom. The molecule has 2 aliphatic rings. The van der Waals surface area contributed by atoms with Crippen LogP contribution in [0, 0.1) is 13.8 Å². The summed E-state index contributed by atoms with van der Waals surface area (Å²) >= 11 is 0. The van der Waals surface area contributed by atoms with Crippen LogP contribution in [-0.4, -0.2) is 80.3 Å². The van der Waals surface area contributed by atoms with E-state index in [9.17, 15) is 13.2 Å². The maximum atomic E-state index is 13.9. The molecule has 7 nitrogen and oxygen atoms in total. The van der Waals surface area contributed by atoms with Crippen LogP contribution in [0.2, 0.25) is 0 Å². The minimum atomic E-state index is -3.81. The predicted octanol–water partition coefficient (Wildman–Crippen LogP) is 2.39. The van der Waals surface area contributed by atoms with Crippen molar-refractivity contribution in [1.82, 2.24) is 19.4 Å². The number of piperidine rings is 1. The van der Waals surface area contributed by atoms with Gasteiger partial charge in [0.1, 0.15) is 0 Å². The number of likely N-dealkylation sites (tertiary alicyclic amines) is 1. The lowest BCUT2D eigenvalue weighted by Gasteiger charge is -2.39. The van der Waals surface area contributed by atoms with E-state index in [0.29, 0.717) is 30.8 Å². The number of hydrogen-bond acceptors (Lipinski definition) is 5. The van der Waals surface area contributed by atoms with E-state index in [-0.39, 0.29) is 18.5 Å². The number of amides is 1. The number of carbonyl (C=O) groups excluding carboxylic acids is 1. The van der Waals surface area contributed by atoms with Gasteiger partial charge in [0.25, 0.3) is 0 Å². The highest BCUT2D eigenvalue weighted by Crippen LogP contribution is 2.27. The Kier molecular flexibility index (Phi) is 8.03. The molecule has 8 heteroatoms. The molecule has 0 aromatic heterocycles. The first-order valence-electron chi connectivity index (χ1n) is 12.2. The number of aryl methyl sites for hydroxylation is 2. The Labute approximate surface area is 203 Å². The summed E-state index contributed by atoms with van der Waals surface area (Å²) in [5, 5.41) is 3.25. The zero-order valence-electron chi connectivity index (χ0n) is 20.2. The molecule has 0 unspecified atom stereocenters. The molecule has 1 amide bonds. The summed E-state index contributed by atoms with van der Waals surface area (Å²) in [5.74, 6) is -0.110. The molecule has 0 spiro atoms. The number of carbonyl (C=O) groups is 1. The number of hydrogen-bond donors (Lipinski definition) is 1. The molecule has 0 atom stereocenters. The summed E-state index contributed by atoms with van der Waals surface area (Å²) in [6, 6.07) is 15.6. The summed E-state index contributed by atoms with van der Waals surface area (Å²) in [4.78, 5) is 17.6. The molecule has 0 aliphatic carbocycles. The van der Waals surface area contributed by atoms with Crippen molar-refractivity contribution >= 4 is 15.9 Å². The van der Waals surface area contributed by atoms with Crippen LogP contribution in [-0.2, 0) is 21.4 Å². The topological polar surface area (TPSA) is 73.0 Å². The molecule has 0 bridgehead atoms. The number of nitrogens with one attached hydrogen (secondary N) is 1. The summed E-state index contributed by atoms with van der Waals surface area (Å²) in [6.45, 7) is 8.88. The number of benzene rings is 2. The van der Waals surface area contributed by atoms with Crippen molar-refractivity contribution in [3.05, 3.63) is 65.2 Å². The third-order valence-corrected chi connectivity index (χ3v) is 8.95. The van der Waals surface area contributed by atoms with E-state index < -0.39 is 10.0 Å². The number of piperazine rings is 1. The lowest BCUT2D eigenvalue weighted by molar-refractivity contribution is -0.132. The van der Waals surface area contributed by atoms with Gasteiger partial charge >= 0.3 is 0 Å². The molecule has 184 valence electrons. The van der Waals surface area contributed by atoms with Gasteiger partial charge in [0, 0.05) is 51.9 Å². The second-order valence-corrected chi connectivity index (χ2v) is 11.3. The fourth-order valence-corrected chi connectivity index (χ4v) is 6.82. The minimum absolute atomic E-state index is 0.0982. The van der Waals surface area contributed by atoms with Crippen LogP contribution in [0.4, 0.5) is 0 Å². The molecule has 0 saturated carbocycles. The molecule has 2 heterocycles. The molecule has 2 aliphatic heterocycles. The molecule has 34 heavy (non-hydrogen) atoms. The van der Waals surface area contributed by atoms with Crippen LogP contribution in [0.3, 0.4) is 0 Å². The third kappa shape index (κ3) is 5.86. The number of sulfonamides is 1. The quantitative estimate of drug-likeness (QED) is 0.653. The van der Waals surface area contributed by atoms with Gasteiger partial charge in [-0.15, -0.1) is 0 Å². The first-order valence-corrected chi connectivity index (χ1v) is 13.6. The van der Waals surface area contributed by atoms with E-state index in [1.807, 2.05) is 44.2 Å². The van der Waals surface area contributed by atoms with Gasteiger partial charge in [-0.1, -0.05) is 48.0 Å². The third-order valence-electron chi connectivity index (χ3n) is 6.89. The molecule has 2 saturated heterocycles. The fourth-order valence-electron chi connectivity index (χ4n) is 4.98. The first-order chi connectivity index (χ1) is 16.3. The van der Waals surface area contributed by atoms with E-state index in [0.717, 1.165) is 43.9 Å². The van der Waals surface area contributed by atoms with Crippen molar-refractivity contribution in [2.75, 3.05) is 45.8 Å². The molecule has 2 aromatic carbocycles. The van der Waals surface area contributed by atoms with E-state index >= 15 is 0 Å². The average Bonchev–Trinajstić information content (AvgIpc) is 2.84. The summed E-state index contributed by atoms with van der Waals surface area (Å²) in [7, 11) is -3.81. The molecule has 4 rings (SSSR count). The zero-order valence-corrected chi connectivity index (χ0v) is 21.1. The SMILES string of the molecule is Cc1ccc(S(=O)(=O)N(CC(=O)N2CCNCC2)C2CCN(Cc3ccccc3)CC2)c(C)c1. The highest BCUT2D eigenvalue weighted by molar-refractivity contribution is 7.89. The molecular weight excluding hydrogens is 448 g/mol. The molecular formula is C26H36N4O3S. The van der Waals surface area contributed by atoms with Crippen LogP contribution >= 0.6 is 0 Å². The monoisotopic (exact) mass is 484 g/mol. The lowest BCUT2D eigenvalue weighted by atomic mass is 10.0. The van der Waals surface area contributed by atoms with Gasteiger partial charge in [0.2, 0.25) is 15.9 Å². The smallest absolute Gasteiger partial charge is 0.244 e. The Morgan fingerprint density at radius 3 is 2.32 bits per heavy atom. The van der Waals surface area contributed by atoms with Crippen molar-refractivity contribution < 1.29 is 13.2 Å². The second-order valence-electron chi connectivity index (χ2n) is 9.44. The second kappa shape index (κ2) is 11.0. The molecule has 2 fully saturated rings. The molecule has 0 radical (unpaired) electrons. The number of rotatable bonds is 7. The standard InChI is InChI=1S/C26H36N4O3S/c1-21-8-9-25(22(2)18-21)34(32,33)30(20-26(31)29-16-12-27-13-17-29)24-10-14-28(15-11-24)19-23-6-4-3-5-7-23/h3-9,18,24,27H,10-17,19-20H2,1-2H3. The van der Waals surface area contributed by atoms with Crippen LogP contribution < -0.4 is 5.32 Å². The highest BCUT2D eigenvalue weighted by Gasteiger charge is 2.37. The van der Waals surface area contributed by atoms with Gasteiger partial charge in [-0.25, -0.2) is 8.42 Å². The fraction of sp³-hybridized carbons (Fsp3) is 0.500. The minimum Gasteiger partial charge on any atom is -0.339 e. The number of nitrogens with zero attached hydrogens (tertiary/aromatic N) is 3. The summed E-state index contributed by atoms with van der Waals surface area (Å²) in [6.07, 6.45) is 1.43. The Balaban J connectivity index is 1.53. The van der Waals surface area contributed by atoms with E-state index in [4.69, 9.17) is 0 Å². The van der Waals surface area contributed by atoms with Crippen LogP contribution in [0.25, 0.3) is 0 Å². The highest BCUT2D eigenvalue weighted by atomic mass is 32.2. The van der Waals surface area contributed by atoms with Crippen LogP contribution in [0.1, 0.15) is 29.5 Å². The largest absolute Gasteiger partial charge is 0.339 e. The van der Waals surface area contributed by atoms with Crippen molar-refractivity contribution in [3.8, 4) is 0 Å². The summed E-state index contributed by atoms with van der Waals surface area (Å²) in [5.41, 5.74) is 3.00. The van der Waals surface area contributed by atoms with Crippen molar-refractivity contribution in [2.45, 2.75) is 44.2 Å². The van der Waals surface area contributed by atoms with Crippen LogP contribution in [0.15, 0.2) is 53.4 Å². The van der Waals surface area contributed by atoms with Gasteiger partial charge in [0.05, 0.1) is 11.4 Å². The summed E-state index contributed by atoms with van der Waals surface area (Å²) < 4.78 is 29.3. The van der Waals surface area contributed by atoms with Gasteiger partial charge in [-0.2, -0.15) is 4.31 Å². The van der Waals surface area contributed by atoms with Crippen molar-refractivity contribution in [3.63, 3.8) is 0 Å². The van der Waals surface area contributed by atoms with Gasteiger partial charge < -0.3 is 10.2 Å². The Bertz CT molecular complexity index is 1080. The maximum absolute atomic E-state index is 13.9. The average molecular weight is 485 g/mol. The predicted molar refractivity (Wildman–Crippen MR) is 134 cm³/mol.